The van der Waals surface area contributed by atoms with Crippen molar-refractivity contribution >= 4 is 28.4 Å². The van der Waals surface area contributed by atoms with Crippen molar-refractivity contribution in [2.24, 2.45) is 5.92 Å². The van der Waals surface area contributed by atoms with Gasteiger partial charge in [0.25, 0.3) is 5.91 Å². The molecular formula is C17H20ClN3O. The van der Waals surface area contributed by atoms with Crippen LogP contribution in [0.1, 0.15) is 17.3 Å². The molecule has 2 aromatic rings. The van der Waals surface area contributed by atoms with E-state index in [1.54, 1.807) is 12.3 Å². The van der Waals surface area contributed by atoms with E-state index in [-0.39, 0.29) is 5.91 Å². The second kappa shape index (κ2) is 5.86. The summed E-state index contributed by atoms with van der Waals surface area (Å²) in [5.41, 5.74) is 1.31. The first-order valence-electron chi connectivity index (χ1n) is 7.47. The summed E-state index contributed by atoms with van der Waals surface area (Å²) in [6.45, 7) is 3.70. The first-order valence-corrected chi connectivity index (χ1v) is 7.85. The number of carbonyl (C=O) groups excluding carboxylic acids is 1. The highest BCUT2D eigenvalue weighted by Crippen LogP contribution is 2.27. The molecule has 0 radical (unpaired) electrons. The van der Waals surface area contributed by atoms with E-state index in [0.29, 0.717) is 22.5 Å². The predicted molar refractivity (Wildman–Crippen MR) is 89.3 cm³/mol. The van der Waals surface area contributed by atoms with Gasteiger partial charge in [-0.3, -0.25) is 9.78 Å². The maximum atomic E-state index is 12.9. The maximum absolute atomic E-state index is 12.9. The number of hydrogen-bond acceptors (Lipinski definition) is 3. The lowest BCUT2D eigenvalue weighted by Crippen LogP contribution is -2.35. The molecule has 1 aliphatic rings. The number of halogens is 1. The van der Waals surface area contributed by atoms with Crippen LogP contribution in [0.5, 0.6) is 0 Å². The highest BCUT2D eigenvalue weighted by molar-refractivity contribution is 6.32. The maximum Gasteiger partial charge on any atom is 0.256 e. The average Bonchev–Trinajstić information content (AvgIpc) is 2.87. The van der Waals surface area contributed by atoms with Crippen LogP contribution in [0.3, 0.4) is 0 Å². The summed E-state index contributed by atoms with van der Waals surface area (Å²) in [7, 11) is 4.12. The van der Waals surface area contributed by atoms with Crippen LogP contribution in [-0.2, 0) is 0 Å². The largest absolute Gasteiger partial charge is 0.337 e. The Balaban J connectivity index is 1.96. The highest BCUT2D eigenvalue weighted by atomic mass is 35.5. The lowest BCUT2D eigenvalue weighted by molar-refractivity contribution is 0.0783. The Bertz CT molecular complexity index is 716. The van der Waals surface area contributed by atoms with Crippen molar-refractivity contribution in [3.63, 3.8) is 0 Å². The number of likely N-dealkylation sites (N-methyl/N-ethyl adjacent to an activating group) is 1. The van der Waals surface area contributed by atoms with E-state index in [0.717, 1.165) is 24.0 Å². The van der Waals surface area contributed by atoms with Gasteiger partial charge in [0.1, 0.15) is 0 Å². The summed E-state index contributed by atoms with van der Waals surface area (Å²) in [4.78, 5) is 21.4. The van der Waals surface area contributed by atoms with Crippen LogP contribution in [-0.4, -0.2) is 53.9 Å². The lowest BCUT2D eigenvalue weighted by atomic mass is 10.1. The Morgan fingerprint density at radius 1 is 1.36 bits per heavy atom. The molecule has 1 amide bonds. The average molecular weight is 318 g/mol. The third-order valence-electron chi connectivity index (χ3n) is 4.42. The van der Waals surface area contributed by atoms with Crippen LogP contribution in [0.2, 0.25) is 5.02 Å². The van der Waals surface area contributed by atoms with Gasteiger partial charge in [-0.05, 0) is 38.2 Å². The highest BCUT2D eigenvalue weighted by Gasteiger charge is 2.34. The number of pyridine rings is 1. The minimum atomic E-state index is 0.0161. The molecule has 2 atom stereocenters. The van der Waals surface area contributed by atoms with Crippen molar-refractivity contribution < 1.29 is 4.79 Å². The van der Waals surface area contributed by atoms with Gasteiger partial charge in [-0.25, -0.2) is 0 Å². The summed E-state index contributed by atoms with van der Waals surface area (Å²) < 4.78 is 0. The number of likely N-dealkylation sites (tertiary alicyclic amines) is 1. The first kappa shape index (κ1) is 15.3. The number of rotatable bonds is 2. The van der Waals surface area contributed by atoms with Gasteiger partial charge in [-0.2, -0.15) is 0 Å². The number of nitrogens with zero attached hydrogens (tertiary/aromatic N) is 3. The van der Waals surface area contributed by atoms with Crippen LogP contribution in [0.25, 0.3) is 10.9 Å². The van der Waals surface area contributed by atoms with Crippen molar-refractivity contribution in [3.8, 4) is 0 Å². The van der Waals surface area contributed by atoms with Gasteiger partial charge >= 0.3 is 0 Å². The van der Waals surface area contributed by atoms with E-state index in [1.165, 1.54) is 0 Å². The van der Waals surface area contributed by atoms with E-state index in [9.17, 15) is 4.79 Å². The van der Waals surface area contributed by atoms with Crippen LogP contribution >= 0.6 is 11.6 Å². The molecule has 4 nitrogen and oxygen atoms in total. The quantitative estimate of drug-likeness (QED) is 0.854. The van der Waals surface area contributed by atoms with Gasteiger partial charge in [-0.1, -0.05) is 24.6 Å². The SMILES string of the molecule is C[C@@H]1CN(C(=O)c2cc(Cl)cc3cccnc23)C[C@H]1N(C)C. The van der Waals surface area contributed by atoms with Crippen LogP contribution in [0.15, 0.2) is 30.5 Å². The molecule has 22 heavy (non-hydrogen) atoms. The van der Waals surface area contributed by atoms with Gasteiger partial charge in [0.15, 0.2) is 0 Å². The van der Waals surface area contributed by atoms with Gasteiger partial charge in [0, 0.05) is 35.7 Å². The monoisotopic (exact) mass is 317 g/mol. The minimum Gasteiger partial charge on any atom is -0.337 e. The summed E-state index contributed by atoms with van der Waals surface area (Å²) in [5, 5.41) is 1.47. The number of benzene rings is 1. The molecule has 5 heteroatoms. The Morgan fingerprint density at radius 3 is 2.82 bits per heavy atom. The summed E-state index contributed by atoms with van der Waals surface area (Å²) in [6.07, 6.45) is 1.71. The Morgan fingerprint density at radius 2 is 2.14 bits per heavy atom. The Hall–Kier alpha value is -1.65. The molecule has 0 unspecified atom stereocenters. The zero-order valence-electron chi connectivity index (χ0n) is 13.1. The fraction of sp³-hybridized carbons (Fsp3) is 0.412. The topological polar surface area (TPSA) is 36.4 Å². The summed E-state index contributed by atoms with van der Waals surface area (Å²) >= 11 is 6.18. The van der Waals surface area contributed by atoms with E-state index in [1.807, 2.05) is 23.1 Å². The third kappa shape index (κ3) is 2.69. The van der Waals surface area contributed by atoms with Gasteiger partial charge in [-0.15, -0.1) is 0 Å². The molecule has 1 fully saturated rings. The fourth-order valence-corrected chi connectivity index (χ4v) is 3.50. The normalized spacial score (nSPS) is 21.8. The second-order valence-corrected chi connectivity index (χ2v) is 6.68. The van der Waals surface area contributed by atoms with Gasteiger partial charge in [0.2, 0.25) is 0 Å². The number of fused-ring (bicyclic) bond motifs is 1. The molecular weight excluding hydrogens is 298 g/mol. The number of carbonyl (C=O) groups is 1. The van der Waals surface area contributed by atoms with Crippen LogP contribution in [0, 0.1) is 5.92 Å². The Labute approximate surface area is 135 Å². The van der Waals surface area contributed by atoms with Gasteiger partial charge in [0.05, 0.1) is 11.1 Å². The summed E-state index contributed by atoms with van der Waals surface area (Å²) in [6, 6.07) is 7.75. The molecule has 1 saturated heterocycles. The molecule has 0 aliphatic carbocycles. The molecule has 0 saturated carbocycles. The predicted octanol–water partition coefficient (Wildman–Crippen LogP) is 2.91. The van der Waals surface area contributed by atoms with Crippen LogP contribution in [0.4, 0.5) is 0 Å². The Kier molecular flexibility index (Phi) is 4.06. The molecule has 1 aliphatic heterocycles. The van der Waals surface area contributed by atoms with Gasteiger partial charge < -0.3 is 9.80 Å². The van der Waals surface area contributed by atoms with Crippen molar-refractivity contribution in [2.75, 3.05) is 27.2 Å². The number of hydrogen-bond donors (Lipinski definition) is 0. The van der Waals surface area contributed by atoms with E-state index in [4.69, 9.17) is 11.6 Å². The van der Waals surface area contributed by atoms with Crippen molar-refractivity contribution in [3.05, 3.63) is 41.0 Å². The fourth-order valence-electron chi connectivity index (χ4n) is 3.28. The van der Waals surface area contributed by atoms with Crippen molar-refractivity contribution in [1.82, 2.24) is 14.8 Å². The third-order valence-corrected chi connectivity index (χ3v) is 4.64. The molecule has 0 N–H and O–H groups in total. The number of aromatic nitrogens is 1. The molecule has 1 aromatic heterocycles. The number of amides is 1. The van der Waals surface area contributed by atoms with E-state index < -0.39 is 0 Å². The van der Waals surface area contributed by atoms with Crippen molar-refractivity contribution in [2.45, 2.75) is 13.0 Å². The zero-order chi connectivity index (χ0) is 15.9. The second-order valence-electron chi connectivity index (χ2n) is 6.25. The summed E-state index contributed by atoms with van der Waals surface area (Å²) in [5.74, 6) is 0.472. The smallest absolute Gasteiger partial charge is 0.256 e. The molecule has 2 heterocycles. The van der Waals surface area contributed by atoms with E-state index in [2.05, 4.69) is 30.9 Å². The molecule has 1 aromatic carbocycles. The van der Waals surface area contributed by atoms with Crippen molar-refractivity contribution in [1.29, 1.82) is 0 Å². The standard InChI is InChI=1S/C17H20ClN3O/c1-11-9-21(10-15(11)20(2)3)17(22)14-8-13(18)7-12-5-4-6-19-16(12)14/h4-8,11,15H,9-10H2,1-3H3/t11-,15-/m1/s1. The molecule has 3 rings (SSSR count). The minimum absolute atomic E-state index is 0.0161. The van der Waals surface area contributed by atoms with Crippen LogP contribution < -0.4 is 0 Å². The first-order chi connectivity index (χ1) is 10.5. The molecule has 116 valence electrons. The zero-order valence-corrected chi connectivity index (χ0v) is 13.8. The molecule has 0 bridgehead atoms. The molecule has 0 spiro atoms. The van der Waals surface area contributed by atoms with E-state index >= 15 is 0 Å². The lowest BCUT2D eigenvalue weighted by Gasteiger charge is -2.22.